The fourth-order valence-electron chi connectivity index (χ4n) is 1.67. The topological polar surface area (TPSA) is 42.0 Å². The number of nitrogens with one attached hydrogen (secondary N) is 1. The van der Waals surface area contributed by atoms with E-state index in [4.69, 9.17) is 0 Å². The number of thioether (sulfide) groups is 2. The van der Waals surface area contributed by atoms with Crippen LogP contribution in [0.3, 0.4) is 0 Å². The molecule has 0 aliphatic heterocycles. The van der Waals surface area contributed by atoms with Gasteiger partial charge in [0, 0.05) is 17.6 Å². The minimum atomic E-state index is -0.0542. The van der Waals surface area contributed by atoms with Gasteiger partial charge in [-0.3, -0.25) is 4.79 Å². The predicted molar refractivity (Wildman–Crippen MR) is 85.2 cm³/mol. The van der Waals surface area contributed by atoms with Crippen LogP contribution in [0, 0.1) is 0 Å². The molecule has 106 valence electrons. The van der Waals surface area contributed by atoms with Crippen molar-refractivity contribution in [3.05, 3.63) is 24.0 Å². The first-order chi connectivity index (χ1) is 9.29. The molecule has 0 fully saturated rings. The Bertz CT molecular complexity index is 385. The highest BCUT2D eigenvalue weighted by Gasteiger charge is 2.11. The highest BCUT2D eigenvalue weighted by Crippen LogP contribution is 2.20. The molecule has 0 aliphatic carbocycles. The van der Waals surface area contributed by atoms with Gasteiger partial charge in [0.1, 0.15) is 5.69 Å². The van der Waals surface area contributed by atoms with Crippen molar-refractivity contribution in [2.75, 3.05) is 24.3 Å². The van der Waals surface area contributed by atoms with E-state index >= 15 is 0 Å². The standard InChI is InChI=1S/C14H22N2OS2/c1-3-19-12-8-7-10-15-13(12)14(17)16-9-5-4-6-11-18-2/h7-8,10H,3-6,9,11H2,1-2H3,(H,16,17). The number of carbonyl (C=O) groups excluding carboxylic acids is 1. The van der Waals surface area contributed by atoms with Crippen LogP contribution in [0.2, 0.25) is 0 Å². The largest absolute Gasteiger partial charge is 0.351 e. The first-order valence-corrected chi connectivity index (χ1v) is 9.02. The zero-order valence-corrected chi connectivity index (χ0v) is 13.3. The van der Waals surface area contributed by atoms with Gasteiger partial charge in [-0.05, 0) is 42.7 Å². The summed E-state index contributed by atoms with van der Waals surface area (Å²) in [6.07, 6.45) is 7.22. The summed E-state index contributed by atoms with van der Waals surface area (Å²) >= 11 is 3.52. The van der Waals surface area contributed by atoms with Gasteiger partial charge in [0.2, 0.25) is 0 Å². The number of hydrogen-bond acceptors (Lipinski definition) is 4. The van der Waals surface area contributed by atoms with Gasteiger partial charge in [-0.25, -0.2) is 4.98 Å². The minimum absolute atomic E-state index is 0.0542. The SMILES string of the molecule is CCSc1cccnc1C(=O)NCCCCCSC. The second-order valence-electron chi connectivity index (χ2n) is 4.09. The van der Waals surface area contributed by atoms with E-state index in [1.54, 1.807) is 18.0 Å². The molecule has 0 radical (unpaired) electrons. The molecule has 0 bridgehead atoms. The molecule has 1 aromatic heterocycles. The van der Waals surface area contributed by atoms with Crippen LogP contribution in [0.15, 0.2) is 23.2 Å². The smallest absolute Gasteiger partial charge is 0.271 e. The van der Waals surface area contributed by atoms with Crippen LogP contribution in [0.4, 0.5) is 0 Å². The summed E-state index contributed by atoms with van der Waals surface area (Å²) in [4.78, 5) is 17.2. The van der Waals surface area contributed by atoms with E-state index in [1.807, 2.05) is 23.9 Å². The third kappa shape index (κ3) is 6.34. The lowest BCUT2D eigenvalue weighted by Gasteiger charge is -2.08. The summed E-state index contributed by atoms with van der Waals surface area (Å²) in [6.45, 7) is 2.81. The third-order valence-electron chi connectivity index (χ3n) is 2.60. The Morgan fingerprint density at radius 1 is 1.37 bits per heavy atom. The van der Waals surface area contributed by atoms with Crippen LogP contribution in [-0.2, 0) is 0 Å². The van der Waals surface area contributed by atoms with Gasteiger partial charge in [0.15, 0.2) is 0 Å². The molecule has 5 heteroatoms. The molecular weight excluding hydrogens is 276 g/mol. The van der Waals surface area contributed by atoms with E-state index in [9.17, 15) is 4.79 Å². The molecule has 3 nitrogen and oxygen atoms in total. The number of hydrogen-bond donors (Lipinski definition) is 1. The number of aromatic nitrogens is 1. The van der Waals surface area contributed by atoms with Crippen molar-refractivity contribution >= 4 is 29.4 Å². The van der Waals surface area contributed by atoms with Crippen molar-refractivity contribution in [1.82, 2.24) is 10.3 Å². The van der Waals surface area contributed by atoms with E-state index in [0.29, 0.717) is 5.69 Å². The normalized spacial score (nSPS) is 10.4. The zero-order chi connectivity index (χ0) is 13.9. The molecule has 0 unspecified atom stereocenters. The second-order valence-corrected chi connectivity index (χ2v) is 6.38. The summed E-state index contributed by atoms with van der Waals surface area (Å²) in [6, 6.07) is 3.83. The molecular formula is C14H22N2OS2. The fourth-order valence-corrected chi connectivity index (χ4v) is 2.93. The van der Waals surface area contributed by atoms with E-state index < -0.39 is 0 Å². The van der Waals surface area contributed by atoms with Crippen molar-refractivity contribution in [3.63, 3.8) is 0 Å². The summed E-state index contributed by atoms with van der Waals surface area (Å²) in [5.74, 6) is 2.09. The quantitative estimate of drug-likeness (QED) is 0.560. The van der Waals surface area contributed by atoms with Gasteiger partial charge in [-0.15, -0.1) is 11.8 Å². The molecule has 0 aromatic carbocycles. The maximum absolute atomic E-state index is 12.0. The monoisotopic (exact) mass is 298 g/mol. The Hall–Kier alpha value is -0.680. The van der Waals surface area contributed by atoms with Gasteiger partial charge in [-0.2, -0.15) is 11.8 Å². The Kier molecular flexibility index (Phi) is 8.75. The van der Waals surface area contributed by atoms with Crippen LogP contribution in [-0.4, -0.2) is 35.2 Å². The van der Waals surface area contributed by atoms with Gasteiger partial charge >= 0.3 is 0 Å². The van der Waals surface area contributed by atoms with Crippen molar-refractivity contribution in [3.8, 4) is 0 Å². The predicted octanol–water partition coefficient (Wildman–Crippen LogP) is 3.46. The molecule has 0 saturated heterocycles. The Morgan fingerprint density at radius 2 is 2.21 bits per heavy atom. The van der Waals surface area contributed by atoms with Crippen LogP contribution in [0.5, 0.6) is 0 Å². The second kappa shape index (κ2) is 10.1. The van der Waals surface area contributed by atoms with Crippen LogP contribution in [0.1, 0.15) is 36.7 Å². The molecule has 0 atom stereocenters. The lowest BCUT2D eigenvalue weighted by Crippen LogP contribution is -2.26. The van der Waals surface area contributed by atoms with Crippen LogP contribution < -0.4 is 5.32 Å². The van der Waals surface area contributed by atoms with Gasteiger partial charge < -0.3 is 5.32 Å². The van der Waals surface area contributed by atoms with Crippen molar-refractivity contribution in [2.45, 2.75) is 31.1 Å². The molecule has 1 rings (SSSR count). The maximum atomic E-state index is 12.0. The molecule has 1 N–H and O–H groups in total. The van der Waals surface area contributed by atoms with Gasteiger partial charge in [0.25, 0.3) is 5.91 Å². The average Bonchev–Trinajstić information content (AvgIpc) is 2.43. The van der Waals surface area contributed by atoms with Crippen LogP contribution >= 0.6 is 23.5 Å². The highest BCUT2D eigenvalue weighted by molar-refractivity contribution is 7.99. The molecule has 0 spiro atoms. The molecule has 1 amide bonds. The number of rotatable bonds is 9. The van der Waals surface area contributed by atoms with E-state index in [1.165, 1.54) is 18.6 Å². The lowest BCUT2D eigenvalue weighted by atomic mass is 10.2. The molecule has 0 aliphatic rings. The van der Waals surface area contributed by atoms with Gasteiger partial charge in [0.05, 0.1) is 0 Å². The number of amides is 1. The number of unbranched alkanes of at least 4 members (excludes halogenated alkanes) is 2. The zero-order valence-electron chi connectivity index (χ0n) is 11.6. The molecule has 0 saturated carbocycles. The van der Waals surface area contributed by atoms with Crippen molar-refractivity contribution < 1.29 is 4.79 Å². The summed E-state index contributed by atoms with van der Waals surface area (Å²) in [7, 11) is 0. The molecule has 1 heterocycles. The van der Waals surface area contributed by atoms with Gasteiger partial charge in [-0.1, -0.05) is 13.3 Å². The summed E-state index contributed by atoms with van der Waals surface area (Å²) < 4.78 is 0. The van der Waals surface area contributed by atoms with Crippen LogP contribution in [0.25, 0.3) is 0 Å². The fraction of sp³-hybridized carbons (Fsp3) is 0.571. The first-order valence-electron chi connectivity index (χ1n) is 6.64. The van der Waals surface area contributed by atoms with E-state index in [2.05, 4.69) is 23.5 Å². The van der Waals surface area contributed by atoms with E-state index in [-0.39, 0.29) is 5.91 Å². The summed E-state index contributed by atoms with van der Waals surface area (Å²) in [5, 5.41) is 2.95. The maximum Gasteiger partial charge on any atom is 0.271 e. The number of carbonyl (C=O) groups is 1. The van der Waals surface area contributed by atoms with E-state index in [0.717, 1.165) is 23.6 Å². The molecule has 1 aromatic rings. The summed E-state index contributed by atoms with van der Waals surface area (Å²) in [5.41, 5.74) is 0.554. The average molecular weight is 298 g/mol. The Balaban J connectivity index is 2.36. The number of pyridine rings is 1. The Labute approximate surface area is 124 Å². The van der Waals surface area contributed by atoms with Crippen molar-refractivity contribution in [1.29, 1.82) is 0 Å². The Morgan fingerprint density at radius 3 is 2.95 bits per heavy atom. The third-order valence-corrected chi connectivity index (χ3v) is 4.22. The number of nitrogens with zero attached hydrogens (tertiary/aromatic N) is 1. The first kappa shape index (κ1) is 16.4. The van der Waals surface area contributed by atoms with Crippen molar-refractivity contribution in [2.24, 2.45) is 0 Å². The highest BCUT2D eigenvalue weighted by atomic mass is 32.2. The molecule has 19 heavy (non-hydrogen) atoms. The minimum Gasteiger partial charge on any atom is -0.351 e. The lowest BCUT2D eigenvalue weighted by molar-refractivity contribution is 0.0945.